The molecule has 4 nitrogen and oxygen atoms in total. The first-order valence-electron chi connectivity index (χ1n) is 8.17. The molecule has 1 aliphatic heterocycles. The highest BCUT2D eigenvalue weighted by molar-refractivity contribution is 5.10. The first-order chi connectivity index (χ1) is 9.67. The summed E-state index contributed by atoms with van der Waals surface area (Å²) in [6, 6.07) is 3.58. The van der Waals surface area contributed by atoms with Gasteiger partial charge in [0.1, 0.15) is 0 Å². The van der Waals surface area contributed by atoms with Crippen LogP contribution in [0.1, 0.15) is 51.4 Å². The molecule has 4 heteroatoms. The predicted molar refractivity (Wildman–Crippen MR) is 83.8 cm³/mol. The summed E-state index contributed by atoms with van der Waals surface area (Å²) >= 11 is 0. The Hall–Kier alpha value is -0.870. The minimum absolute atomic E-state index is 0.641. The molecule has 20 heavy (non-hydrogen) atoms. The summed E-state index contributed by atoms with van der Waals surface area (Å²) in [6.07, 6.45) is 4.76. The lowest BCUT2D eigenvalue weighted by Crippen LogP contribution is -2.55. The zero-order valence-corrected chi connectivity index (χ0v) is 13.5. The molecule has 2 heterocycles. The molecule has 0 saturated carbocycles. The molecule has 1 saturated heterocycles. The highest BCUT2D eigenvalue weighted by atomic mass is 15.3. The first-order valence-corrected chi connectivity index (χ1v) is 8.17. The zero-order valence-electron chi connectivity index (χ0n) is 13.5. The van der Waals surface area contributed by atoms with Crippen LogP contribution in [-0.2, 0) is 20.0 Å². The number of hydrogen-bond donors (Lipinski definition) is 1. The smallest absolute Gasteiger partial charge is 0.0625 e. The fourth-order valence-corrected chi connectivity index (χ4v) is 3.11. The Morgan fingerprint density at radius 3 is 2.75 bits per heavy atom. The van der Waals surface area contributed by atoms with Gasteiger partial charge in [-0.1, -0.05) is 27.2 Å². The summed E-state index contributed by atoms with van der Waals surface area (Å²) in [5, 5.41) is 8.27. The van der Waals surface area contributed by atoms with Gasteiger partial charge in [0.25, 0.3) is 0 Å². The van der Waals surface area contributed by atoms with Crippen LogP contribution in [0.3, 0.4) is 0 Å². The van der Waals surface area contributed by atoms with Crippen molar-refractivity contribution in [2.24, 2.45) is 7.05 Å². The van der Waals surface area contributed by atoms with Crippen molar-refractivity contribution in [1.29, 1.82) is 0 Å². The third-order valence-corrected chi connectivity index (χ3v) is 4.48. The number of aromatic nitrogens is 2. The molecule has 0 bridgehead atoms. The van der Waals surface area contributed by atoms with Gasteiger partial charge in [-0.15, -0.1) is 0 Å². The number of nitrogens with one attached hydrogen (secondary N) is 1. The number of hydrogen-bond acceptors (Lipinski definition) is 3. The summed E-state index contributed by atoms with van der Waals surface area (Å²) < 4.78 is 2.06. The van der Waals surface area contributed by atoms with E-state index in [-0.39, 0.29) is 0 Å². The molecule has 0 radical (unpaired) electrons. The standard InChI is InChI=1S/C16H30N4/c1-5-8-15-10-17-14(7-3)11-20(15)12-16-9-13(6-2)18-19(16)4/h9,14-15,17H,5-8,10-12H2,1-4H3. The van der Waals surface area contributed by atoms with E-state index in [0.717, 1.165) is 26.1 Å². The lowest BCUT2D eigenvalue weighted by molar-refractivity contribution is 0.111. The van der Waals surface area contributed by atoms with E-state index < -0.39 is 0 Å². The van der Waals surface area contributed by atoms with Gasteiger partial charge in [-0.05, 0) is 25.3 Å². The van der Waals surface area contributed by atoms with Gasteiger partial charge in [0.15, 0.2) is 0 Å². The van der Waals surface area contributed by atoms with Gasteiger partial charge in [-0.3, -0.25) is 9.58 Å². The third kappa shape index (κ3) is 3.61. The van der Waals surface area contributed by atoms with Crippen LogP contribution in [0.4, 0.5) is 0 Å². The molecule has 2 rings (SSSR count). The lowest BCUT2D eigenvalue weighted by atomic mass is 10.0. The van der Waals surface area contributed by atoms with E-state index in [1.165, 1.54) is 30.7 Å². The molecule has 0 aliphatic carbocycles. The van der Waals surface area contributed by atoms with Gasteiger partial charge in [0, 0.05) is 38.8 Å². The quantitative estimate of drug-likeness (QED) is 0.867. The molecule has 2 unspecified atom stereocenters. The molecule has 0 spiro atoms. The van der Waals surface area contributed by atoms with Crippen molar-refractivity contribution in [3.63, 3.8) is 0 Å². The van der Waals surface area contributed by atoms with Gasteiger partial charge < -0.3 is 5.32 Å². The van der Waals surface area contributed by atoms with Crippen molar-refractivity contribution in [3.8, 4) is 0 Å². The van der Waals surface area contributed by atoms with Crippen molar-refractivity contribution in [2.75, 3.05) is 13.1 Å². The second kappa shape index (κ2) is 7.23. The van der Waals surface area contributed by atoms with Crippen LogP contribution < -0.4 is 5.32 Å². The van der Waals surface area contributed by atoms with Crippen molar-refractivity contribution >= 4 is 0 Å². The van der Waals surface area contributed by atoms with Crippen LogP contribution in [0, 0.1) is 0 Å². The van der Waals surface area contributed by atoms with Gasteiger partial charge >= 0.3 is 0 Å². The average Bonchev–Trinajstić information content (AvgIpc) is 2.81. The Morgan fingerprint density at radius 1 is 1.35 bits per heavy atom. The minimum Gasteiger partial charge on any atom is -0.311 e. The van der Waals surface area contributed by atoms with E-state index in [4.69, 9.17) is 0 Å². The largest absolute Gasteiger partial charge is 0.311 e. The van der Waals surface area contributed by atoms with E-state index in [0.29, 0.717) is 12.1 Å². The van der Waals surface area contributed by atoms with E-state index in [1.807, 2.05) is 0 Å². The second-order valence-corrected chi connectivity index (χ2v) is 5.99. The van der Waals surface area contributed by atoms with Crippen molar-refractivity contribution in [3.05, 3.63) is 17.5 Å². The van der Waals surface area contributed by atoms with Crippen LogP contribution in [0.5, 0.6) is 0 Å². The van der Waals surface area contributed by atoms with Crippen molar-refractivity contribution in [1.82, 2.24) is 20.0 Å². The Morgan fingerprint density at radius 2 is 2.15 bits per heavy atom. The Labute approximate surface area is 123 Å². The predicted octanol–water partition coefficient (Wildman–Crippen LogP) is 2.33. The number of rotatable bonds is 6. The highest BCUT2D eigenvalue weighted by Gasteiger charge is 2.27. The average molecular weight is 278 g/mol. The molecule has 1 N–H and O–H groups in total. The molecule has 114 valence electrons. The molecule has 1 aromatic rings. The Kier molecular flexibility index (Phi) is 5.61. The van der Waals surface area contributed by atoms with Gasteiger partial charge in [-0.2, -0.15) is 5.10 Å². The fourth-order valence-electron chi connectivity index (χ4n) is 3.11. The molecular formula is C16H30N4. The summed E-state index contributed by atoms with van der Waals surface area (Å²) in [5.74, 6) is 0. The van der Waals surface area contributed by atoms with Crippen molar-refractivity contribution < 1.29 is 0 Å². The monoisotopic (exact) mass is 278 g/mol. The Balaban J connectivity index is 2.07. The topological polar surface area (TPSA) is 33.1 Å². The molecule has 2 atom stereocenters. The molecule has 1 aliphatic rings. The molecule has 1 aromatic heterocycles. The van der Waals surface area contributed by atoms with Crippen LogP contribution in [0.15, 0.2) is 6.07 Å². The summed E-state index contributed by atoms with van der Waals surface area (Å²) in [4.78, 5) is 2.66. The highest BCUT2D eigenvalue weighted by Crippen LogP contribution is 2.17. The van der Waals surface area contributed by atoms with E-state index in [2.05, 4.69) is 53.9 Å². The number of aryl methyl sites for hydroxylation is 2. The lowest BCUT2D eigenvalue weighted by Gasteiger charge is -2.40. The van der Waals surface area contributed by atoms with E-state index in [9.17, 15) is 0 Å². The fraction of sp³-hybridized carbons (Fsp3) is 0.812. The maximum absolute atomic E-state index is 4.58. The first kappa shape index (κ1) is 15.5. The second-order valence-electron chi connectivity index (χ2n) is 5.99. The minimum atomic E-state index is 0.641. The van der Waals surface area contributed by atoms with Crippen LogP contribution >= 0.6 is 0 Å². The summed E-state index contributed by atoms with van der Waals surface area (Å²) in [6.45, 7) is 10.0. The van der Waals surface area contributed by atoms with Gasteiger partial charge in [0.05, 0.1) is 11.4 Å². The third-order valence-electron chi connectivity index (χ3n) is 4.48. The van der Waals surface area contributed by atoms with Crippen molar-refractivity contribution in [2.45, 2.75) is 65.1 Å². The maximum atomic E-state index is 4.58. The SMILES string of the molecule is CCCC1CNC(CC)CN1Cc1cc(CC)nn1C. The van der Waals surface area contributed by atoms with Crippen LogP contribution in [0.25, 0.3) is 0 Å². The summed E-state index contributed by atoms with van der Waals surface area (Å²) in [7, 11) is 2.07. The number of nitrogens with zero attached hydrogens (tertiary/aromatic N) is 3. The molecular weight excluding hydrogens is 248 g/mol. The normalized spacial score (nSPS) is 24.2. The van der Waals surface area contributed by atoms with Gasteiger partial charge in [-0.25, -0.2) is 0 Å². The zero-order chi connectivity index (χ0) is 14.5. The molecule has 0 aromatic carbocycles. The Bertz CT molecular complexity index is 413. The number of piperazine rings is 1. The summed E-state index contributed by atoms with van der Waals surface area (Å²) in [5.41, 5.74) is 2.55. The molecule has 0 amide bonds. The van der Waals surface area contributed by atoms with E-state index >= 15 is 0 Å². The van der Waals surface area contributed by atoms with Crippen LogP contribution in [-0.4, -0.2) is 39.9 Å². The van der Waals surface area contributed by atoms with E-state index in [1.54, 1.807) is 0 Å². The van der Waals surface area contributed by atoms with Crippen LogP contribution in [0.2, 0.25) is 0 Å². The maximum Gasteiger partial charge on any atom is 0.0625 e. The van der Waals surface area contributed by atoms with Gasteiger partial charge in [0.2, 0.25) is 0 Å². The molecule has 1 fully saturated rings.